The molecule has 0 heterocycles. The van der Waals surface area contributed by atoms with Crippen LogP contribution in [0.5, 0.6) is 0 Å². The van der Waals surface area contributed by atoms with E-state index in [1.54, 1.807) is 48.5 Å². The average Bonchev–Trinajstić information content (AvgIpc) is 2.53. The fourth-order valence-electron chi connectivity index (χ4n) is 1.99. The van der Waals surface area contributed by atoms with E-state index in [0.29, 0.717) is 15.7 Å². The van der Waals surface area contributed by atoms with Gasteiger partial charge in [-0.2, -0.15) is 0 Å². The SMILES string of the molecule is CS(=O)(=O)Nc1cccc(CNC(=O)/C=C/c2ccc(Cl)c(Cl)c2)c1. The molecule has 0 spiro atoms. The first kappa shape index (κ1) is 19.3. The fraction of sp³-hybridized carbons (Fsp3) is 0.118. The Morgan fingerprint density at radius 1 is 1.12 bits per heavy atom. The van der Waals surface area contributed by atoms with Crippen molar-refractivity contribution in [3.63, 3.8) is 0 Å². The highest BCUT2D eigenvalue weighted by Gasteiger charge is 2.03. The Bertz CT molecular complexity index is 912. The second kappa shape index (κ2) is 8.38. The Morgan fingerprint density at radius 2 is 1.88 bits per heavy atom. The molecule has 0 saturated heterocycles. The van der Waals surface area contributed by atoms with Crippen LogP contribution in [-0.2, 0) is 21.4 Å². The van der Waals surface area contributed by atoms with Crippen molar-refractivity contribution < 1.29 is 13.2 Å². The van der Waals surface area contributed by atoms with Crippen molar-refractivity contribution in [1.29, 1.82) is 0 Å². The molecule has 0 aliphatic rings. The Hall–Kier alpha value is -2.02. The van der Waals surface area contributed by atoms with Crippen LogP contribution in [0.3, 0.4) is 0 Å². The van der Waals surface area contributed by atoms with E-state index in [9.17, 15) is 13.2 Å². The number of sulfonamides is 1. The molecule has 2 rings (SSSR count). The van der Waals surface area contributed by atoms with Gasteiger partial charge >= 0.3 is 0 Å². The van der Waals surface area contributed by atoms with Crippen molar-refractivity contribution in [1.82, 2.24) is 5.32 Å². The third-order valence-electron chi connectivity index (χ3n) is 3.07. The highest BCUT2D eigenvalue weighted by molar-refractivity contribution is 7.92. The summed E-state index contributed by atoms with van der Waals surface area (Å²) in [6.45, 7) is 0.268. The number of amides is 1. The van der Waals surface area contributed by atoms with Crippen LogP contribution in [0.1, 0.15) is 11.1 Å². The second-order valence-corrected chi connectivity index (χ2v) is 7.86. The molecule has 0 fully saturated rings. The molecule has 8 heteroatoms. The van der Waals surface area contributed by atoms with E-state index in [1.165, 1.54) is 6.08 Å². The van der Waals surface area contributed by atoms with Crippen LogP contribution in [0.2, 0.25) is 10.0 Å². The fourth-order valence-corrected chi connectivity index (χ4v) is 2.86. The standard InChI is InChI=1S/C17H16Cl2N2O3S/c1-25(23,24)21-14-4-2-3-13(9-14)11-20-17(22)8-6-12-5-7-15(18)16(19)10-12/h2-10,21H,11H2,1H3,(H,20,22)/b8-6+. The second-order valence-electron chi connectivity index (χ2n) is 5.30. The Kier molecular flexibility index (Phi) is 6.47. The molecule has 2 aromatic carbocycles. The molecule has 0 unspecified atom stereocenters. The Labute approximate surface area is 156 Å². The van der Waals surface area contributed by atoms with Gasteiger partial charge < -0.3 is 5.32 Å². The minimum absolute atomic E-state index is 0.268. The lowest BCUT2D eigenvalue weighted by Gasteiger charge is -2.07. The molecular formula is C17H16Cl2N2O3S. The summed E-state index contributed by atoms with van der Waals surface area (Å²) in [5.41, 5.74) is 1.97. The first-order valence-corrected chi connectivity index (χ1v) is 9.85. The smallest absolute Gasteiger partial charge is 0.244 e. The van der Waals surface area contributed by atoms with Crippen LogP contribution in [0, 0.1) is 0 Å². The summed E-state index contributed by atoms with van der Waals surface area (Å²) in [4.78, 5) is 11.9. The lowest BCUT2D eigenvalue weighted by atomic mass is 10.2. The molecule has 0 bridgehead atoms. The van der Waals surface area contributed by atoms with Crippen molar-refractivity contribution >= 4 is 50.9 Å². The third kappa shape index (κ3) is 6.78. The topological polar surface area (TPSA) is 75.3 Å². The Morgan fingerprint density at radius 3 is 2.56 bits per heavy atom. The third-order valence-corrected chi connectivity index (χ3v) is 4.41. The van der Waals surface area contributed by atoms with Crippen LogP contribution in [0.15, 0.2) is 48.5 Å². The molecule has 0 saturated carbocycles. The van der Waals surface area contributed by atoms with E-state index in [2.05, 4.69) is 10.0 Å². The minimum atomic E-state index is -3.34. The van der Waals surface area contributed by atoms with Gasteiger partial charge in [0, 0.05) is 18.3 Å². The quantitative estimate of drug-likeness (QED) is 0.728. The lowest BCUT2D eigenvalue weighted by molar-refractivity contribution is -0.116. The van der Waals surface area contributed by atoms with Crippen molar-refractivity contribution in [3.8, 4) is 0 Å². The number of carbonyl (C=O) groups excluding carboxylic acids is 1. The van der Waals surface area contributed by atoms with Crippen LogP contribution < -0.4 is 10.0 Å². The van der Waals surface area contributed by atoms with Gasteiger partial charge in [0.25, 0.3) is 0 Å². The summed E-state index contributed by atoms with van der Waals surface area (Å²) < 4.78 is 24.9. The van der Waals surface area contributed by atoms with E-state index in [0.717, 1.165) is 17.4 Å². The molecule has 0 aliphatic carbocycles. The largest absolute Gasteiger partial charge is 0.348 e. The predicted molar refractivity (Wildman–Crippen MR) is 102 cm³/mol. The molecule has 132 valence electrons. The highest BCUT2D eigenvalue weighted by atomic mass is 35.5. The predicted octanol–water partition coefficient (Wildman–Crippen LogP) is 3.69. The van der Waals surface area contributed by atoms with Crippen molar-refractivity contribution in [2.45, 2.75) is 6.54 Å². The highest BCUT2D eigenvalue weighted by Crippen LogP contribution is 2.23. The number of rotatable bonds is 6. The Balaban J connectivity index is 1.94. The van der Waals surface area contributed by atoms with Gasteiger partial charge in [0.15, 0.2) is 0 Å². The molecule has 5 nitrogen and oxygen atoms in total. The number of benzene rings is 2. The maximum atomic E-state index is 11.9. The van der Waals surface area contributed by atoms with Crippen LogP contribution in [0.4, 0.5) is 5.69 Å². The molecule has 1 amide bonds. The van der Waals surface area contributed by atoms with Crippen LogP contribution in [-0.4, -0.2) is 20.6 Å². The number of halogens is 2. The zero-order valence-corrected chi connectivity index (χ0v) is 15.6. The van der Waals surface area contributed by atoms with E-state index >= 15 is 0 Å². The van der Waals surface area contributed by atoms with Gasteiger partial charge in [0.1, 0.15) is 0 Å². The summed E-state index contributed by atoms with van der Waals surface area (Å²) in [5, 5.41) is 3.59. The summed E-state index contributed by atoms with van der Waals surface area (Å²) in [6, 6.07) is 11.9. The number of anilines is 1. The van der Waals surface area contributed by atoms with Crippen molar-refractivity contribution in [3.05, 3.63) is 69.7 Å². The van der Waals surface area contributed by atoms with Gasteiger partial charge in [-0.1, -0.05) is 41.4 Å². The van der Waals surface area contributed by atoms with Gasteiger partial charge in [-0.25, -0.2) is 8.42 Å². The number of hydrogen-bond donors (Lipinski definition) is 2. The number of nitrogens with one attached hydrogen (secondary N) is 2. The summed E-state index contributed by atoms with van der Waals surface area (Å²) in [7, 11) is -3.34. The molecule has 0 radical (unpaired) electrons. The molecule has 0 aliphatic heterocycles. The van der Waals surface area contributed by atoms with E-state index in [-0.39, 0.29) is 12.5 Å². The molecule has 0 atom stereocenters. The van der Waals surface area contributed by atoms with Crippen molar-refractivity contribution in [2.75, 3.05) is 11.0 Å². The normalized spacial score (nSPS) is 11.5. The number of hydrogen-bond acceptors (Lipinski definition) is 3. The van der Waals surface area contributed by atoms with E-state index in [4.69, 9.17) is 23.2 Å². The van der Waals surface area contributed by atoms with Crippen LogP contribution >= 0.6 is 23.2 Å². The van der Waals surface area contributed by atoms with Gasteiger partial charge in [0.2, 0.25) is 15.9 Å². The van der Waals surface area contributed by atoms with Gasteiger partial charge in [0.05, 0.1) is 16.3 Å². The summed E-state index contributed by atoms with van der Waals surface area (Å²) in [6.07, 6.45) is 4.09. The summed E-state index contributed by atoms with van der Waals surface area (Å²) in [5.74, 6) is -0.285. The minimum Gasteiger partial charge on any atom is -0.348 e. The van der Waals surface area contributed by atoms with Gasteiger partial charge in [-0.05, 0) is 41.5 Å². The lowest BCUT2D eigenvalue weighted by Crippen LogP contribution is -2.20. The summed E-state index contributed by atoms with van der Waals surface area (Å²) >= 11 is 11.8. The monoisotopic (exact) mass is 398 g/mol. The van der Waals surface area contributed by atoms with Crippen LogP contribution in [0.25, 0.3) is 6.08 Å². The average molecular weight is 399 g/mol. The van der Waals surface area contributed by atoms with E-state index in [1.807, 2.05) is 0 Å². The van der Waals surface area contributed by atoms with E-state index < -0.39 is 10.0 Å². The first-order valence-electron chi connectivity index (χ1n) is 7.20. The molecular weight excluding hydrogens is 383 g/mol. The van der Waals surface area contributed by atoms with Crippen molar-refractivity contribution in [2.24, 2.45) is 0 Å². The zero-order valence-electron chi connectivity index (χ0n) is 13.3. The maximum absolute atomic E-state index is 11.9. The molecule has 25 heavy (non-hydrogen) atoms. The molecule has 0 aromatic heterocycles. The first-order chi connectivity index (χ1) is 11.7. The zero-order chi connectivity index (χ0) is 18.4. The maximum Gasteiger partial charge on any atom is 0.244 e. The van der Waals surface area contributed by atoms with Gasteiger partial charge in [-0.3, -0.25) is 9.52 Å². The molecule has 2 N–H and O–H groups in total. The number of carbonyl (C=O) groups is 1. The molecule has 2 aromatic rings. The van der Waals surface area contributed by atoms with Gasteiger partial charge in [-0.15, -0.1) is 0 Å².